The fourth-order valence-corrected chi connectivity index (χ4v) is 2.80. The van der Waals surface area contributed by atoms with Gasteiger partial charge in [-0.1, -0.05) is 12.1 Å². The standard InChI is InChI=1S/C17H18F3N3/c1-11(2)23-10-9-21-14-7-8-22-15(16(14)23)12-3-5-13(6-4-12)17(18,19)20/h3-6,9-11,21H,7-8H2,1-2H3. The summed E-state index contributed by atoms with van der Waals surface area (Å²) >= 11 is 0. The second kappa shape index (κ2) is 5.76. The SMILES string of the molecule is CC(C)N1C=CNC2=C1C(c1ccc(C(F)(F)F)cc1)=NCC2. The highest BCUT2D eigenvalue weighted by atomic mass is 19.4. The van der Waals surface area contributed by atoms with Crippen molar-refractivity contribution in [1.29, 1.82) is 0 Å². The summed E-state index contributed by atoms with van der Waals surface area (Å²) in [5.74, 6) is 0. The number of alkyl halides is 3. The lowest BCUT2D eigenvalue weighted by atomic mass is 9.98. The number of hydrogen-bond acceptors (Lipinski definition) is 3. The van der Waals surface area contributed by atoms with Crippen molar-refractivity contribution in [1.82, 2.24) is 10.2 Å². The molecule has 1 aromatic carbocycles. The molecule has 1 N–H and O–H groups in total. The average Bonchev–Trinajstić information content (AvgIpc) is 2.53. The Labute approximate surface area is 133 Å². The fraction of sp³-hybridized carbons (Fsp3) is 0.353. The highest BCUT2D eigenvalue weighted by Gasteiger charge is 2.31. The molecule has 0 fully saturated rings. The van der Waals surface area contributed by atoms with E-state index in [2.05, 4.69) is 29.1 Å². The van der Waals surface area contributed by atoms with Gasteiger partial charge in [0.05, 0.1) is 17.0 Å². The molecule has 3 rings (SSSR count). The smallest absolute Gasteiger partial charge is 0.362 e. The lowest BCUT2D eigenvalue weighted by Gasteiger charge is -2.35. The van der Waals surface area contributed by atoms with Gasteiger partial charge >= 0.3 is 6.18 Å². The summed E-state index contributed by atoms with van der Waals surface area (Å²) in [5, 5.41) is 3.24. The first-order valence-corrected chi connectivity index (χ1v) is 7.55. The van der Waals surface area contributed by atoms with Crippen LogP contribution in [-0.4, -0.2) is 23.2 Å². The van der Waals surface area contributed by atoms with E-state index in [1.165, 1.54) is 12.1 Å². The number of dihydropyridines is 1. The Bertz CT molecular complexity index is 682. The van der Waals surface area contributed by atoms with Crippen LogP contribution in [0, 0.1) is 0 Å². The molecule has 0 aliphatic carbocycles. The lowest BCUT2D eigenvalue weighted by molar-refractivity contribution is -0.137. The zero-order chi connectivity index (χ0) is 16.6. The largest absolute Gasteiger partial charge is 0.416 e. The van der Waals surface area contributed by atoms with Gasteiger partial charge < -0.3 is 10.2 Å². The van der Waals surface area contributed by atoms with E-state index in [0.717, 1.165) is 35.7 Å². The van der Waals surface area contributed by atoms with Crippen LogP contribution in [0.4, 0.5) is 13.2 Å². The minimum absolute atomic E-state index is 0.232. The van der Waals surface area contributed by atoms with E-state index in [-0.39, 0.29) is 6.04 Å². The molecule has 1 aromatic rings. The number of rotatable bonds is 2. The number of aliphatic imine (C=N–C) groups is 1. The first-order chi connectivity index (χ1) is 10.9. The highest BCUT2D eigenvalue weighted by Crippen LogP contribution is 2.31. The molecule has 6 heteroatoms. The van der Waals surface area contributed by atoms with E-state index in [0.29, 0.717) is 12.1 Å². The van der Waals surface area contributed by atoms with E-state index >= 15 is 0 Å². The van der Waals surface area contributed by atoms with E-state index in [1.807, 2.05) is 12.4 Å². The van der Waals surface area contributed by atoms with Crippen LogP contribution in [0.5, 0.6) is 0 Å². The van der Waals surface area contributed by atoms with Crippen LogP contribution in [0.2, 0.25) is 0 Å². The first kappa shape index (κ1) is 15.6. The third-order valence-electron chi connectivity index (χ3n) is 3.93. The normalized spacial score (nSPS) is 18.0. The summed E-state index contributed by atoms with van der Waals surface area (Å²) in [6.45, 7) is 4.76. The van der Waals surface area contributed by atoms with Crippen molar-refractivity contribution in [3.8, 4) is 0 Å². The van der Waals surface area contributed by atoms with Crippen molar-refractivity contribution in [2.24, 2.45) is 4.99 Å². The maximum Gasteiger partial charge on any atom is 0.416 e. The number of hydrogen-bond donors (Lipinski definition) is 1. The molecule has 0 amide bonds. The second-order valence-electron chi connectivity index (χ2n) is 5.84. The second-order valence-corrected chi connectivity index (χ2v) is 5.84. The molecule has 0 aromatic heterocycles. The number of nitrogens with zero attached hydrogens (tertiary/aromatic N) is 2. The van der Waals surface area contributed by atoms with Crippen LogP contribution < -0.4 is 5.32 Å². The molecular formula is C17H18F3N3. The molecule has 2 aliphatic heterocycles. The van der Waals surface area contributed by atoms with Gasteiger partial charge in [-0.2, -0.15) is 13.2 Å². The zero-order valence-corrected chi connectivity index (χ0v) is 13.0. The van der Waals surface area contributed by atoms with Crippen molar-refractivity contribution >= 4 is 5.71 Å². The Kier molecular flexibility index (Phi) is 3.92. The van der Waals surface area contributed by atoms with Crippen molar-refractivity contribution < 1.29 is 13.2 Å². The molecule has 0 saturated heterocycles. The minimum Gasteiger partial charge on any atom is -0.362 e. The third kappa shape index (κ3) is 2.98. The Morgan fingerprint density at radius 3 is 2.48 bits per heavy atom. The van der Waals surface area contributed by atoms with E-state index in [9.17, 15) is 13.2 Å². The molecule has 2 aliphatic rings. The minimum atomic E-state index is -4.32. The molecule has 0 saturated carbocycles. The predicted octanol–water partition coefficient (Wildman–Crippen LogP) is 3.89. The fourth-order valence-electron chi connectivity index (χ4n) is 2.80. The van der Waals surface area contributed by atoms with Gasteiger partial charge in [0.1, 0.15) is 0 Å². The van der Waals surface area contributed by atoms with E-state index in [1.54, 1.807) is 0 Å². The third-order valence-corrected chi connectivity index (χ3v) is 3.93. The van der Waals surface area contributed by atoms with Crippen LogP contribution in [0.3, 0.4) is 0 Å². The monoisotopic (exact) mass is 321 g/mol. The van der Waals surface area contributed by atoms with E-state index < -0.39 is 11.7 Å². The number of benzene rings is 1. The Morgan fingerprint density at radius 2 is 1.87 bits per heavy atom. The molecular weight excluding hydrogens is 303 g/mol. The molecule has 0 atom stereocenters. The summed E-state index contributed by atoms with van der Waals surface area (Å²) in [6.07, 6.45) is 0.298. The predicted molar refractivity (Wildman–Crippen MR) is 83.7 cm³/mol. The van der Waals surface area contributed by atoms with Gasteiger partial charge in [-0.25, -0.2) is 0 Å². The number of nitrogens with one attached hydrogen (secondary N) is 1. The maximum atomic E-state index is 12.7. The molecule has 2 heterocycles. The summed E-state index contributed by atoms with van der Waals surface area (Å²) in [4.78, 5) is 6.67. The van der Waals surface area contributed by atoms with Crippen molar-refractivity contribution in [2.45, 2.75) is 32.5 Å². The van der Waals surface area contributed by atoms with Crippen molar-refractivity contribution in [2.75, 3.05) is 6.54 Å². The molecule has 23 heavy (non-hydrogen) atoms. The van der Waals surface area contributed by atoms with Crippen LogP contribution in [-0.2, 0) is 6.18 Å². The summed E-state index contributed by atoms with van der Waals surface area (Å²) in [6, 6.07) is 5.44. The Morgan fingerprint density at radius 1 is 1.17 bits per heavy atom. The van der Waals surface area contributed by atoms with Crippen LogP contribution in [0.1, 0.15) is 31.4 Å². The zero-order valence-electron chi connectivity index (χ0n) is 13.0. The molecule has 0 unspecified atom stereocenters. The van der Waals surface area contributed by atoms with Crippen LogP contribution in [0.25, 0.3) is 0 Å². The molecule has 3 nitrogen and oxygen atoms in total. The molecule has 0 spiro atoms. The van der Waals surface area contributed by atoms with Gasteiger partial charge in [-0.3, -0.25) is 4.99 Å². The Balaban J connectivity index is 1.98. The summed E-state index contributed by atoms with van der Waals surface area (Å²) in [7, 11) is 0. The van der Waals surface area contributed by atoms with E-state index in [4.69, 9.17) is 0 Å². The van der Waals surface area contributed by atoms with Gasteiger partial charge in [0.15, 0.2) is 0 Å². The summed E-state index contributed by atoms with van der Waals surface area (Å²) in [5.41, 5.74) is 2.81. The molecule has 0 bridgehead atoms. The van der Waals surface area contributed by atoms with Gasteiger partial charge in [-0.15, -0.1) is 0 Å². The quantitative estimate of drug-likeness (QED) is 0.895. The van der Waals surface area contributed by atoms with Crippen LogP contribution in [0.15, 0.2) is 53.1 Å². The van der Waals surface area contributed by atoms with Crippen LogP contribution >= 0.6 is 0 Å². The summed E-state index contributed by atoms with van der Waals surface area (Å²) < 4.78 is 38.2. The van der Waals surface area contributed by atoms with Gasteiger partial charge in [0.2, 0.25) is 0 Å². The number of halogens is 3. The average molecular weight is 321 g/mol. The van der Waals surface area contributed by atoms with Gasteiger partial charge in [0, 0.05) is 42.7 Å². The number of allylic oxidation sites excluding steroid dienone is 1. The van der Waals surface area contributed by atoms with Crippen molar-refractivity contribution in [3.63, 3.8) is 0 Å². The van der Waals surface area contributed by atoms with Gasteiger partial charge in [0.25, 0.3) is 0 Å². The first-order valence-electron chi connectivity index (χ1n) is 7.55. The Hall–Kier alpha value is -2.24. The van der Waals surface area contributed by atoms with Gasteiger partial charge in [-0.05, 0) is 26.0 Å². The topological polar surface area (TPSA) is 27.6 Å². The molecule has 0 radical (unpaired) electrons. The molecule has 122 valence electrons. The maximum absolute atomic E-state index is 12.7. The van der Waals surface area contributed by atoms with Crippen molar-refractivity contribution in [3.05, 3.63) is 59.2 Å². The lowest BCUT2D eigenvalue weighted by Crippen LogP contribution is -2.37. The highest BCUT2D eigenvalue weighted by molar-refractivity contribution is 6.13.